The van der Waals surface area contributed by atoms with Crippen LogP contribution < -0.4 is 10.2 Å². The Labute approximate surface area is 126 Å². The molecular formula is C16H24N4O. The van der Waals surface area contributed by atoms with E-state index in [1.165, 1.54) is 0 Å². The van der Waals surface area contributed by atoms with E-state index in [0.717, 1.165) is 36.1 Å². The molecule has 0 amide bonds. The van der Waals surface area contributed by atoms with Crippen molar-refractivity contribution in [3.05, 3.63) is 41.5 Å². The Morgan fingerprint density at radius 3 is 2.57 bits per heavy atom. The molecule has 0 saturated heterocycles. The average molecular weight is 288 g/mol. The van der Waals surface area contributed by atoms with Crippen LogP contribution in [0.2, 0.25) is 0 Å². The minimum Gasteiger partial charge on any atom is -0.464 e. The molecule has 2 rings (SSSR count). The largest absolute Gasteiger partial charge is 0.464 e. The highest BCUT2D eigenvalue weighted by atomic mass is 16.3. The van der Waals surface area contributed by atoms with Gasteiger partial charge in [-0.25, -0.2) is 0 Å². The van der Waals surface area contributed by atoms with Gasteiger partial charge in [-0.2, -0.15) is 5.10 Å². The van der Waals surface area contributed by atoms with Gasteiger partial charge in [-0.05, 0) is 43.7 Å². The van der Waals surface area contributed by atoms with Crippen LogP contribution in [0, 0.1) is 12.8 Å². The number of furan rings is 1. The summed E-state index contributed by atoms with van der Waals surface area (Å²) in [7, 11) is 1.98. The minimum absolute atomic E-state index is 0.639. The van der Waals surface area contributed by atoms with Gasteiger partial charge in [0.25, 0.3) is 0 Å². The molecule has 0 aromatic carbocycles. The molecule has 0 aliphatic rings. The molecule has 0 aliphatic heterocycles. The maximum atomic E-state index is 5.58. The van der Waals surface area contributed by atoms with Crippen molar-refractivity contribution in [2.24, 2.45) is 5.92 Å². The maximum Gasteiger partial charge on any atom is 0.151 e. The smallest absolute Gasteiger partial charge is 0.151 e. The summed E-state index contributed by atoms with van der Waals surface area (Å²) in [4.78, 5) is 2.02. The number of nitrogens with one attached hydrogen (secondary N) is 1. The second kappa shape index (κ2) is 7.22. The summed E-state index contributed by atoms with van der Waals surface area (Å²) in [6.07, 6.45) is 0. The molecule has 114 valence electrons. The van der Waals surface area contributed by atoms with E-state index in [1.54, 1.807) is 0 Å². The first-order chi connectivity index (χ1) is 10.0. The summed E-state index contributed by atoms with van der Waals surface area (Å²) in [5.74, 6) is 3.34. The second-order valence-electron chi connectivity index (χ2n) is 5.78. The molecule has 0 bridgehead atoms. The van der Waals surface area contributed by atoms with Crippen molar-refractivity contribution >= 4 is 5.82 Å². The van der Waals surface area contributed by atoms with Crippen molar-refractivity contribution in [3.63, 3.8) is 0 Å². The molecule has 0 atom stereocenters. The molecule has 0 radical (unpaired) electrons. The lowest BCUT2D eigenvalue weighted by Gasteiger charge is -2.16. The molecule has 0 saturated carbocycles. The molecule has 5 nitrogen and oxygen atoms in total. The number of aromatic nitrogens is 2. The predicted molar refractivity (Wildman–Crippen MR) is 84.1 cm³/mol. The van der Waals surface area contributed by atoms with Crippen LogP contribution in [-0.4, -0.2) is 23.8 Å². The number of hydrogen-bond donors (Lipinski definition) is 1. The predicted octanol–water partition coefficient (Wildman–Crippen LogP) is 2.76. The highest BCUT2D eigenvalue weighted by molar-refractivity contribution is 5.36. The van der Waals surface area contributed by atoms with Crippen LogP contribution in [0.3, 0.4) is 0 Å². The summed E-state index contributed by atoms with van der Waals surface area (Å²) < 4.78 is 5.58. The average Bonchev–Trinajstić information content (AvgIpc) is 2.84. The molecular weight excluding hydrogens is 264 g/mol. The Bertz CT molecular complexity index is 548. The Kier molecular flexibility index (Phi) is 5.33. The topological polar surface area (TPSA) is 54.2 Å². The third kappa shape index (κ3) is 4.86. The Morgan fingerprint density at radius 1 is 1.19 bits per heavy atom. The van der Waals surface area contributed by atoms with E-state index in [9.17, 15) is 0 Å². The molecule has 0 spiro atoms. The first-order valence-electron chi connectivity index (χ1n) is 7.34. The fourth-order valence-electron chi connectivity index (χ4n) is 2.02. The molecule has 21 heavy (non-hydrogen) atoms. The summed E-state index contributed by atoms with van der Waals surface area (Å²) in [5, 5.41) is 11.9. The second-order valence-corrected chi connectivity index (χ2v) is 5.78. The quantitative estimate of drug-likeness (QED) is 0.849. The van der Waals surface area contributed by atoms with Gasteiger partial charge in [-0.15, -0.1) is 5.10 Å². The summed E-state index contributed by atoms with van der Waals surface area (Å²) in [6, 6.07) is 7.97. The van der Waals surface area contributed by atoms with E-state index in [1.807, 2.05) is 43.1 Å². The van der Waals surface area contributed by atoms with Crippen LogP contribution in [-0.2, 0) is 13.1 Å². The van der Waals surface area contributed by atoms with Crippen LogP contribution in [0.5, 0.6) is 0 Å². The van der Waals surface area contributed by atoms with Crippen molar-refractivity contribution in [1.82, 2.24) is 15.5 Å². The Balaban J connectivity index is 1.88. The van der Waals surface area contributed by atoms with Gasteiger partial charge in [-0.3, -0.25) is 0 Å². The van der Waals surface area contributed by atoms with Crippen LogP contribution in [0.4, 0.5) is 5.82 Å². The number of anilines is 1. The molecule has 1 N–H and O–H groups in total. The van der Waals surface area contributed by atoms with Crippen molar-refractivity contribution in [2.45, 2.75) is 33.9 Å². The number of hydrogen-bond acceptors (Lipinski definition) is 5. The van der Waals surface area contributed by atoms with Gasteiger partial charge in [0.1, 0.15) is 11.5 Å². The van der Waals surface area contributed by atoms with Gasteiger partial charge in [0.05, 0.1) is 12.2 Å². The van der Waals surface area contributed by atoms with E-state index in [0.29, 0.717) is 12.5 Å². The third-order valence-corrected chi connectivity index (χ3v) is 3.14. The zero-order chi connectivity index (χ0) is 15.2. The third-order valence-electron chi connectivity index (χ3n) is 3.14. The lowest BCUT2D eigenvalue weighted by Crippen LogP contribution is -2.21. The molecule has 5 heteroatoms. The highest BCUT2D eigenvalue weighted by Gasteiger charge is 2.07. The van der Waals surface area contributed by atoms with Crippen molar-refractivity contribution in [2.75, 3.05) is 18.5 Å². The summed E-state index contributed by atoms with van der Waals surface area (Å²) >= 11 is 0. The first-order valence-corrected chi connectivity index (χ1v) is 7.34. The summed E-state index contributed by atoms with van der Waals surface area (Å²) in [5.41, 5.74) is 0.960. The molecule has 2 aromatic rings. The maximum absolute atomic E-state index is 5.58. The highest BCUT2D eigenvalue weighted by Crippen LogP contribution is 2.14. The number of rotatable bonds is 7. The molecule has 0 unspecified atom stereocenters. The Morgan fingerprint density at radius 2 is 2.00 bits per heavy atom. The van der Waals surface area contributed by atoms with Crippen LogP contribution in [0.1, 0.15) is 31.1 Å². The van der Waals surface area contributed by atoms with Crippen LogP contribution in [0.15, 0.2) is 28.7 Å². The van der Waals surface area contributed by atoms with E-state index in [4.69, 9.17) is 4.42 Å². The lowest BCUT2D eigenvalue weighted by molar-refractivity contribution is 0.481. The normalized spacial score (nSPS) is 11.1. The zero-order valence-electron chi connectivity index (χ0n) is 13.3. The molecule has 0 fully saturated rings. The SMILES string of the molecule is Cc1ccc(CN(C)c2ccc(CNCC(C)C)nn2)o1. The minimum atomic E-state index is 0.639. The lowest BCUT2D eigenvalue weighted by atomic mass is 10.2. The Hall–Kier alpha value is -1.88. The fourth-order valence-corrected chi connectivity index (χ4v) is 2.02. The van der Waals surface area contributed by atoms with Crippen molar-refractivity contribution < 1.29 is 4.42 Å². The van der Waals surface area contributed by atoms with Crippen LogP contribution in [0.25, 0.3) is 0 Å². The van der Waals surface area contributed by atoms with E-state index in [2.05, 4.69) is 29.4 Å². The standard InChI is InChI=1S/C16H24N4O/c1-12(2)9-17-10-14-6-8-16(19-18-14)20(4)11-15-7-5-13(3)21-15/h5-8,12,17H,9-11H2,1-4H3. The van der Waals surface area contributed by atoms with Crippen molar-refractivity contribution in [1.29, 1.82) is 0 Å². The number of aryl methyl sites for hydroxylation is 1. The van der Waals surface area contributed by atoms with Crippen molar-refractivity contribution in [3.8, 4) is 0 Å². The molecule has 0 aliphatic carbocycles. The zero-order valence-corrected chi connectivity index (χ0v) is 13.3. The first kappa shape index (κ1) is 15.5. The summed E-state index contributed by atoms with van der Waals surface area (Å²) in [6.45, 7) is 8.75. The monoisotopic (exact) mass is 288 g/mol. The van der Waals surface area contributed by atoms with Crippen LogP contribution >= 0.6 is 0 Å². The fraction of sp³-hybridized carbons (Fsp3) is 0.500. The van der Waals surface area contributed by atoms with Gasteiger partial charge in [0.15, 0.2) is 5.82 Å². The van der Waals surface area contributed by atoms with E-state index < -0.39 is 0 Å². The van der Waals surface area contributed by atoms with E-state index in [-0.39, 0.29) is 0 Å². The van der Waals surface area contributed by atoms with Gasteiger partial charge in [0, 0.05) is 13.6 Å². The van der Waals surface area contributed by atoms with Gasteiger partial charge < -0.3 is 14.6 Å². The van der Waals surface area contributed by atoms with Gasteiger partial charge in [-0.1, -0.05) is 13.8 Å². The molecule has 2 aromatic heterocycles. The van der Waals surface area contributed by atoms with Gasteiger partial charge in [0.2, 0.25) is 0 Å². The number of nitrogens with zero attached hydrogens (tertiary/aromatic N) is 3. The van der Waals surface area contributed by atoms with E-state index >= 15 is 0 Å². The van der Waals surface area contributed by atoms with Gasteiger partial charge >= 0.3 is 0 Å². The molecule has 2 heterocycles.